The molecule has 0 saturated heterocycles. The Kier molecular flexibility index (Phi) is 5.51. The molecule has 6 nitrogen and oxygen atoms in total. The van der Waals surface area contributed by atoms with E-state index >= 15 is 0 Å². The predicted molar refractivity (Wildman–Crippen MR) is 66.5 cm³/mol. The maximum Gasteiger partial charge on any atom is 0.320 e. The highest BCUT2D eigenvalue weighted by Gasteiger charge is 2.42. The summed E-state index contributed by atoms with van der Waals surface area (Å²) in [5, 5.41) is 2.99. The molecule has 0 fully saturated rings. The minimum atomic E-state index is -1.43. The summed E-state index contributed by atoms with van der Waals surface area (Å²) in [4.78, 5) is 25.7. The molecule has 0 radical (unpaired) electrons. The molecule has 0 aromatic rings. The van der Waals surface area contributed by atoms with E-state index in [0.29, 0.717) is 0 Å². The Balaban J connectivity index is 5.05. The van der Waals surface area contributed by atoms with Gasteiger partial charge in [0.15, 0.2) is 0 Å². The van der Waals surface area contributed by atoms with Crippen molar-refractivity contribution in [3.05, 3.63) is 10.4 Å². The van der Waals surface area contributed by atoms with Crippen molar-refractivity contribution in [3.63, 3.8) is 0 Å². The molecule has 17 heavy (non-hydrogen) atoms. The molecule has 0 unspecified atom stereocenters. The molecule has 0 N–H and O–H groups in total. The molecule has 0 heterocycles. The highest BCUT2D eigenvalue weighted by Crippen LogP contribution is 2.33. The summed E-state index contributed by atoms with van der Waals surface area (Å²) in [7, 11) is 1.20. The quantitative estimate of drug-likeness (QED) is 0.255. The second-order valence-corrected chi connectivity index (χ2v) is 6.52. The van der Waals surface area contributed by atoms with Crippen molar-refractivity contribution in [2.75, 3.05) is 12.9 Å². The first-order chi connectivity index (χ1) is 7.67. The zero-order valence-corrected chi connectivity index (χ0v) is 11.5. The number of rotatable bonds is 4. The fraction of sp³-hybridized carbons (Fsp3) is 0.800. The third-order valence-electron chi connectivity index (χ3n) is 2.04. The van der Waals surface area contributed by atoms with Crippen LogP contribution < -0.4 is 0 Å². The lowest BCUT2D eigenvalue weighted by atomic mass is 9.92. The lowest BCUT2D eigenvalue weighted by Crippen LogP contribution is -2.39. The molecule has 1 atom stereocenters. The standard InChI is InChI=1S/C10H17N3O3S/c1-9(2,3)17-6-10(4,8(15)16-5)7(14)12-13-11/h6H2,1-5H3/t10-/m0/s1. The van der Waals surface area contributed by atoms with Crippen LogP contribution in [0.4, 0.5) is 0 Å². The largest absolute Gasteiger partial charge is 0.468 e. The average molecular weight is 259 g/mol. The van der Waals surface area contributed by atoms with Crippen molar-refractivity contribution in [1.82, 2.24) is 0 Å². The summed E-state index contributed by atoms with van der Waals surface area (Å²) in [6.45, 7) is 7.32. The lowest BCUT2D eigenvalue weighted by molar-refractivity contribution is -0.154. The van der Waals surface area contributed by atoms with Crippen LogP contribution in [0.25, 0.3) is 10.4 Å². The molecule has 0 aliphatic heterocycles. The van der Waals surface area contributed by atoms with Crippen molar-refractivity contribution in [3.8, 4) is 0 Å². The molecule has 7 heteroatoms. The number of thioether (sulfide) groups is 1. The molecule has 1 amide bonds. The monoisotopic (exact) mass is 259 g/mol. The Morgan fingerprint density at radius 3 is 2.24 bits per heavy atom. The van der Waals surface area contributed by atoms with Gasteiger partial charge in [-0.05, 0) is 17.6 Å². The zero-order chi connectivity index (χ0) is 13.7. The van der Waals surface area contributed by atoms with E-state index in [-0.39, 0.29) is 10.5 Å². The van der Waals surface area contributed by atoms with E-state index in [1.807, 2.05) is 20.8 Å². The number of esters is 1. The van der Waals surface area contributed by atoms with Crippen LogP contribution in [0.15, 0.2) is 5.11 Å². The summed E-state index contributed by atoms with van der Waals surface area (Å²) >= 11 is 1.43. The molecule has 0 aliphatic rings. The Bertz CT molecular complexity index is 358. The minimum Gasteiger partial charge on any atom is -0.468 e. The molecule has 0 spiro atoms. The average Bonchev–Trinajstić information content (AvgIpc) is 2.24. The molecule has 96 valence electrons. The molecule has 0 aromatic carbocycles. The normalized spacial score (nSPS) is 14.4. The number of carbonyl (C=O) groups is 2. The van der Waals surface area contributed by atoms with Gasteiger partial charge in [-0.2, -0.15) is 11.8 Å². The fourth-order valence-corrected chi connectivity index (χ4v) is 1.91. The van der Waals surface area contributed by atoms with Gasteiger partial charge in [0.2, 0.25) is 5.91 Å². The molecule has 0 aliphatic carbocycles. The summed E-state index contributed by atoms with van der Waals surface area (Å²) in [5.74, 6) is -1.30. The first-order valence-corrected chi connectivity index (χ1v) is 5.98. The lowest BCUT2D eigenvalue weighted by Gasteiger charge is -2.27. The van der Waals surface area contributed by atoms with Gasteiger partial charge in [-0.3, -0.25) is 9.59 Å². The van der Waals surface area contributed by atoms with Gasteiger partial charge in [-0.1, -0.05) is 20.8 Å². The SMILES string of the molecule is COC(=O)[C@@](C)(CSC(C)(C)C)C(=O)N=[N+]=[N-]. The number of nitrogens with zero attached hydrogens (tertiary/aromatic N) is 3. The third-order valence-corrected chi connectivity index (χ3v) is 3.63. The van der Waals surface area contributed by atoms with Crippen LogP contribution in [0.3, 0.4) is 0 Å². The van der Waals surface area contributed by atoms with E-state index in [2.05, 4.69) is 14.8 Å². The van der Waals surface area contributed by atoms with Crippen molar-refractivity contribution >= 4 is 23.6 Å². The molecule has 0 aromatic heterocycles. The van der Waals surface area contributed by atoms with Gasteiger partial charge >= 0.3 is 5.97 Å². The van der Waals surface area contributed by atoms with E-state index in [1.54, 1.807) is 0 Å². The van der Waals surface area contributed by atoms with Crippen molar-refractivity contribution < 1.29 is 14.3 Å². The fourth-order valence-electron chi connectivity index (χ4n) is 0.945. The summed E-state index contributed by atoms with van der Waals surface area (Å²) in [6.07, 6.45) is 0. The molecule has 0 saturated carbocycles. The highest BCUT2D eigenvalue weighted by molar-refractivity contribution is 8.00. The Hall–Kier alpha value is -1.20. The predicted octanol–water partition coefficient (Wildman–Crippen LogP) is 2.53. The second kappa shape index (κ2) is 5.93. The smallest absolute Gasteiger partial charge is 0.320 e. The van der Waals surface area contributed by atoms with E-state index in [1.165, 1.54) is 25.8 Å². The van der Waals surface area contributed by atoms with E-state index in [0.717, 1.165) is 0 Å². The van der Waals surface area contributed by atoms with Crippen molar-refractivity contribution in [1.29, 1.82) is 0 Å². The third kappa shape index (κ3) is 4.66. The summed E-state index contributed by atoms with van der Waals surface area (Å²) < 4.78 is 4.49. The van der Waals surface area contributed by atoms with Gasteiger partial charge in [0.05, 0.1) is 7.11 Å². The van der Waals surface area contributed by atoms with Crippen LogP contribution in [0.1, 0.15) is 27.7 Å². The maximum absolute atomic E-state index is 11.6. The minimum absolute atomic E-state index is 0.105. The van der Waals surface area contributed by atoms with Gasteiger partial charge in [0.25, 0.3) is 0 Å². The van der Waals surface area contributed by atoms with Crippen LogP contribution in [0.2, 0.25) is 0 Å². The van der Waals surface area contributed by atoms with Crippen LogP contribution in [0.5, 0.6) is 0 Å². The Morgan fingerprint density at radius 1 is 1.35 bits per heavy atom. The number of carbonyl (C=O) groups excluding carboxylic acids is 2. The van der Waals surface area contributed by atoms with Crippen LogP contribution in [-0.4, -0.2) is 29.5 Å². The topological polar surface area (TPSA) is 92.1 Å². The van der Waals surface area contributed by atoms with Gasteiger partial charge in [-0.25, -0.2) is 0 Å². The molecule has 0 bridgehead atoms. The number of amides is 1. The molecule has 0 rings (SSSR count). The summed E-state index contributed by atoms with van der Waals surface area (Å²) in [6, 6.07) is 0. The van der Waals surface area contributed by atoms with Crippen molar-refractivity contribution in [2.24, 2.45) is 10.5 Å². The Labute approximate surface area is 105 Å². The second-order valence-electron chi connectivity index (χ2n) is 4.72. The summed E-state index contributed by atoms with van der Waals surface area (Å²) in [5.41, 5.74) is 6.83. The van der Waals surface area contributed by atoms with Crippen LogP contribution in [0, 0.1) is 5.41 Å². The highest BCUT2D eigenvalue weighted by atomic mass is 32.2. The van der Waals surface area contributed by atoms with E-state index < -0.39 is 17.3 Å². The van der Waals surface area contributed by atoms with E-state index in [4.69, 9.17) is 5.53 Å². The number of methoxy groups -OCH3 is 1. The number of ether oxygens (including phenoxy) is 1. The molecular weight excluding hydrogens is 242 g/mol. The number of hydrogen-bond donors (Lipinski definition) is 0. The van der Waals surface area contributed by atoms with Crippen molar-refractivity contribution in [2.45, 2.75) is 32.4 Å². The van der Waals surface area contributed by atoms with Gasteiger partial charge in [0.1, 0.15) is 5.41 Å². The molecular formula is C10H17N3O3S. The van der Waals surface area contributed by atoms with Crippen LogP contribution in [-0.2, 0) is 14.3 Å². The Morgan fingerprint density at radius 2 is 1.88 bits per heavy atom. The van der Waals surface area contributed by atoms with Gasteiger partial charge in [-0.15, -0.1) is 0 Å². The zero-order valence-electron chi connectivity index (χ0n) is 10.7. The first-order valence-electron chi connectivity index (χ1n) is 4.99. The van der Waals surface area contributed by atoms with E-state index in [9.17, 15) is 9.59 Å². The first kappa shape index (κ1) is 15.8. The van der Waals surface area contributed by atoms with Crippen LogP contribution >= 0.6 is 11.8 Å². The van der Waals surface area contributed by atoms with Gasteiger partial charge in [0, 0.05) is 15.4 Å². The van der Waals surface area contributed by atoms with Gasteiger partial charge < -0.3 is 4.74 Å². The number of azide groups is 1. The maximum atomic E-state index is 11.6. The number of hydrogen-bond acceptors (Lipinski definition) is 4.